The molecule has 0 aliphatic rings. The number of aromatic nitrogens is 1. The zero-order valence-electron chi connectivity index (χ0n) is 11.7. The van der Waals surface area contributed by atoms with E-state index in [1.54, 1.807) is 0 Å². The molecule has 106 valence electrons. The van der Waals surface area contributed by atoms with Crippen molar-refractivity contribution in [2.24, 2.45) is 0 Å². The standard InChI is InChI=1S/C18H15BrClN/c1-12-15(6-4-7-17(12)20)16(19)11-14-10-9-13-5-2-3-8-18(13)21-14/h2-10,16H,11H2,1H3. The molecule has 3 rings (SSSR count). The molecule has 0 saturated carbocycles. The molecule has 0 bridgehead atoms. The van der Waals surface area contributed by atoms with Gasteiger partial charge in [-0.15, -0.1) is 0 Å². The van der Waals surface area contributed by atoms with Crippen LogP contribution in [0.25, 0.3) is 10.9 Å². The van der Waals surface area contributed by atoms with Gasteiger partial charge in [0.25, 0.3) is 0 Å². The van der Waals surface area contributed by atoms with E-state index in [1.807, 2.05) is 30.3 Å². The summed E-state index contributed by atoms with van der Waals surface area (Å²) in [5, 5.41) is 1.98. The Bertz CT molecular complexity index is 785. The van der Waals surface area contributed by atoms with Crippen LogP contribution >= 0.6 is 27.5 Å². The lowest BCUT2D eigenvalue weighted by Gasteiger charge is -2.14. The van der Waals surface area contributed by atoms with Crippen LogP contribution in [0.3, 0.4) is 0 Å². The first-order valence-electron chi connectivity index (χ1n) is 6.89. The van der Waals surface area contributed by atoms with Gasteiger partial charge in [-0.2, -0.15) is 0 Å². The zero-order chi connectivity index (χ0) is 14.8. The van der Waals surface area contributed by atoms with Gasteiger partial charge in [-0.25, -0.2) is 0 Å². The van der Waals surface area contributed by atoms with Crippen LogP contribution in [0.5, 0.6) is 0 Å². The van der Waals surface area contributed by atoms with Gasteiger partial charge in [0, 0.05) is 27.4 Å². The lowest BCUT2D eigenvalue weighted by molar-refractivity contribution is 0.905. The van der Waals surface area contributed by atoms with Gasteiger partial charge in [0.05, 0.1) is 5.52 Å². The van der Waals surface area contributed by atoms with Crippen LogP contribution in [0.2, 0.25) is 5.02 Å². The molecule has 2 aromatic carbocycles. The number of benzene rings is 2. The van der Waals surface area contributed by atoms with Gasteiger partial charge in [-0.1, -0.05) is 63.9 Å². The fourth-order valence-corrected chi connectivity index (χ4v) is 3.49. The molecule has 1 unspecified atom stereocenters. The smallest absolute Gasteiger partial charge is 0.0705 e. The maximum atomic E-state index is 6.20. The van der Waals surface area contributed by atoms with Crippen molar-refractivity contribution in [3.63, 3.8) is 0 Å². The number of hydrogen-bond acceptors (Lipinski definition) is 1. The van der Waals surface area contributed by atoms with Crippen molar-refractivity contribution in [2.75, 3.05) is 0 Å². The van der Waals surface area contributed by atoms with Crippen LogP contribution in [0.4, 0.5) is 0 Å². The van der Waals surface area contributed by atoms with Gasteiger partial charge < -0.3 is 0 Å². The Balaban J connectivity index is 1.89. The van der Waals surface area contributed by atoms with E-state index in [4.69, 9.17) is 16.6 Å². The highest BCUT2D eigenvalue weighted by atomic mass is 79.9. The first-order chi connectivity index (χ1) is 10.1. The molecule has 21 heavy (non-hydrogen) atoms. The molecule has 3 aromatic rings. The Kier molecular flexibility index (Phi) is 4.27. The van der Waals surface area contributed by atoms with E-state index in [-0.39, 0.29) is 4.83 Å². The number of halogens is 2. The molecule has 0 spiro atoms. The predicted octanol–water partition coefficient (Wildman–Crippen LogP) is 5.88. The normalized spacial score (nSPS) is 12.5. The molecular weight excluding hydrogens is 346 g/mol. The van der Waals surface area contributed by atoms with Gasteiger partial charge in [0.1, 0.15) is 0 Å². The molecule has 1 atom stereocenters. The number of nitrogens with zero attached hydrogens (tertiary/aromatic N) is 1. The van der Waals surface area contributed by atoms with Gasteiger partial charge in [-0.3, -0.25) is 4.98 Å². The zero-order valence-corrected chi connectivity index (χ0v) is 14.0. The molecular formula is C18H15BrClN. The Morgan fingerprint density at radius 1 is 1.05 bits per heavy atom. The van der Waals surface area contributed by atoms with Crippen LogP contribution in [0.1, 0.15) is 21.6 Å². The Morgan fingerprint density at radius 2 is 1.86 bits per heavy atom. The molecule has 0 amide bonds. The molecule has 0 aliphatic heterocycles. The second kappa shape index (κ2) is 6.17. The summed E-state index contributed by atoms with van der Waals surface area (Å²) in [7, 11) is 0. The summed E-state index contributed by atoms with van der Waals surface area (Å²) < 4.78 is 0. The number of fused-ring (bicyclic) bond motifs is 1. The van der Waals surface area contributed by atoms with Crippen molar-refractivity contribution < 1.29 is 0 Å². The summed E-state index contributed by atoms with van der Waals surface area (Å²) in [5.41, 5.74) is 4.46. The molecule has 0 N–H and O–H groups in total. The van der Waals surface area contributed by atoms with Crippen molar-refractivity contribution in [2.45, 2.75) is 18.2 Å². The summed E-state index contributed by atoms with van der Waals surface area (Å²) in [4.78, 5) is 4.94. The van der Waals surface area contributed by atoms with Crippen molar-refractivity contribution >= 4 is 38.4 Å². The Morgan fingerprint density at radius 3 is 2.71 bits per heavy atom. The number of alkyl halides is 1. The van der Waals surface area contributed by atoms with Crippen molar-refractivity contribution in [3.8, 4) is 0 Å². The van der Waals surface area contributed by atoms with Crippen molar-refractivity contribution in [1.29, 1.82) is 0 Å². The minimum absolute atomic E-state index is 0.213. The fourth-order valence-electron chi connectivity index (χ4n) is 2.48. The number of para-hydroxylation sites is 1. The third kappa shape index (κ3) is 3.12. The van der Waals surface area contributed by atoms with Crippen LogP contribution in [-0.4, -0.2) is 4.98 Å². The van der Waals surface area contributed by atoms with E-state index >= 15 is 0 Å². The minimum Gasteiger partial charge on any atom is -0.253 e. The maximum absolute atomic E-state index is 6.20. The number of pyridine rings is 1. The van der Waals surface area contributed by atoms with Crippen LogP contribution in [-0.2, 0) is 6.42 Å². The molecule has 1 aromatic heterocycles. The SMILES string of the molecule is Cc1c(Cl)cccc1C(Br)Cc1ccc2ccccc2n1. The summed E-state index contributed by atoms with van der Waals surface area (Å²) in [5.74, 6) is 0. The first-order valence-corrected chi connectivity index (χ1v) is 8.18. The van der Waals surface area contributed by atoms with E-state index in [0.29, 0.717) is 0 Å². The maximum Gasteiger partial charge on any atom is 0.0705 e. The van der Waals surface area contributed by atoms with Crippen LogP contribution in [0, 0.1) is 6.92 Å². The third-order valence-corrected chi connectivity index (χ3v) is 4.92. The predicted molar refractivity (Wildman–Crippen MR) is 93.3 cm³/mol. The van der Waals surface area contributed by atoms with Crippen molar-refractivity contribution in [1.82, 2.24) is 4.98 Å². The second-order valence-corrected chi connectivity index (χ2v) is 6.63. The molecule has 0 fully saturated rings. The van der Waals surface area contributed by atoms with Crippen LogP contribution in [0.15, 0.2) is 54.6 Å². The molecule has 1 nitrogen and oxygen atoms in total. The molecule has 0 saturated heterocycles. The van der Waals surface area contributed by atoms with Gasteiger partial charge in [0.2, 0.25) is 0 Å². The number of rotatable bonds is 3. The topological polar surface area (TPSA) is 12.9 Å². The lowest BCUT2D eigenvalue weighted by Crippen LogP contribution is -2.00. The van der Waals surface area contributed by atoms with Gasteiger partial charge in [-0.05, 0) is 36.2 Å². The van der Waals surface area contributed by atoms with E-state index in [2.05, 4.69) is 47.1 Å². The Hall–Kier alpha value is -1.38. The summed E-state index contributed by atoms with van der Waals surface area (Å²) in [6.45, 7) is 2.06. The number of hydrogen-bond donors (Lipinski definition) is 0. The molecule has 1 heterocycles. The Labute approximate surface area is 138 Å². The third-order valence-electron chi connectivity index (χ3n) is 3.69. The van der Waals surface area contributed by atoms with E-state index in [0.717, 1.165) is 28.2 Å². The monoisotopic (exact) mass is 359 g/mol. The largest absolute Gasteiger partial charge is 0.253 e. The highest BCUT2D eigenvalue weighted by molar-refractivity contribution is 9.09. The summed E-state index contributed by atoms with van der Waals surface area (Å²) >= 11 is 9.98. The molecule has 3 heteroatoms. The summed E-state index contributed by atoms with van der Waals surface area (Å²) in [6.07, 6.45) is 0.839. The average molecular weight is 361 g/mol. The van der Waals surface area contributed by atoms with E-state index in [1.165, 1.54) is 10.9 Å². The highest BCUT2D eigenvalue weighted by Gasteiger charge is 2.13. The minimum atomic E-state index is 0.213. The van der Waals surface area contributed by atoms with Crippen LogP contribution < -0.4 is 0 Å². The lowest BCUT2D eigenvalue weighted by atomic mass is 10.0. The first kappa shape index (κ1) is 14.6. The molecule has 0 radical (unpaired) electrons. The molecule has 0 aliphatic carbocycles. The average Bonchev–Trinajstić information content (AvgIpc) is 2.50. The highest BCUT2D eigenvalue weighted by Crippen LogP contribution is 2.32. The van der Waals surface area contributed by atoms with E-state index in [9.17, 15) is 0 Å². The summed E-state index contributed by atoms with van der Waals surface area (Å²) in [6, 6.07) is 18.4. The van der Waals surface area contributed by atoms with Gasteiger partial charge >= 0.3 is 0 Å². The van der Waals surface area contributed by atoms with Crippen molar-refractivity contribution in [3.05, 3.63) is 76.4 Å². The van der Waals surface area contributed by atoms with E-state index < -0.39 is 0 Å². The second-order valence-electron chi connectivity index (χ2n) is 5.12. The van der Waals surface area contributed by atoms with Gasteiger partial charge in [0.15, 0.2) is 0 Å². The quantitative estimate of drug-likeness (QED) is 0.532. The fraction of sp³-hybridized carbons (Fsp3) is 0.167.